The molecule has 144 valence electrons. The minimum atomic E-state index is -0.619. The van der Waals surface area contributed by atoms with Gasteiger partial charge >= 0.3 is 5.97 Å². The van der Waals surface area contributed by atoms with Crippen molar-refractivity contribution in [2.24, 2.45) is 5.41 Å². The molecule has 1 N–H and O–H groups in total. The molecule has 0 aliphatic rings. The van der Waals surface area contributed by atoms with Crippen LogP contribution in [0.15, 0.2) is 0 Å². The highest BCUT2D eigenvalue weighted by Gasteiger charge is 2.40. The molecule has 0 aromatic heterocycles. The fourth-order valence-electron chi connectivity index (χ4n) is 2.46. The van der Waals surface area contributed by atoms with Gasteiger partial charge in [-0.1, -0.05) is 26.7 Å². The summed E-state index contributed by atoms with van der Waals surface area (Å²) in [4.78, 5) is 12.2. The van der Waals surface area contributed by atoms with E-state index in [1.165, 1.54) is 0 Å². The van der Waals surface area contributed by atoms with E-state index in [-0.39, 0.29) is 17.5 Å². The smallest absolute Gasteiger partial charge is 0.306 e. The predicted molar refractivity (Wildman–Crippen MR) is 99.0 cm³/mol. The SMILES string of the molecule is COC(C)CCC(C)(C)C(C)(C)OC(=O)CCCCCC(C)(C)O. The van der Waals surface area contributed by atoms with E-state index < -0.39 is 11.2 Å². The second-order valence-corrected chi connectivity index (χ2v) is 8.83. The Morgan fingerprint density at radius 3 is 2.08 bits per heavy atom. The van der Waals surface area contributed by atoms with Gasteiger partial charge in [0.25, 0.3) is 0 Å². The Hall–Kier alpha value is -0.610. The highest BCUT2D eigenvalue weighted by molar-refractivity contribution is 5.69. The van der Waals surface area contributed by atoms with Gasteiger partial charge in [-0.3, -0.25) is 4.79 Å². The standard InChI is InChI=1S/C20H40O4/c1-16(23-8)13-15-18(2,3)20(6,7)24-17(21)12-10-9-11-14-19(4,5)22/h16,22H,9-15H2,1-8H3. The molecule has 4 nitrogen and oxygen atoms in total. The predicted octanol–water partition coefficient (Wildman–Crippen LogP) is 4.87. The van der Waals surface area contributed by atoms with Crippen molar-refractivity contribution in [1.82, 2.24) is 0 Å². The first-order chi connectivity index (χ1) is 10.8. The second kappa shape index (κ2) is 9.76. The molecule has 0 fully saturated rings. The topological polar surface area (TPSA) is 55.8 Å². The van der Waals surface area contributed by atoms with E-state index in [2.05, 4.69) is 20.8 Å². The summed E-state index contributed by atoms with van der Waals surface area (Å²) in [6, 6.07) is 0. The fraction of sp³-hybridized carbons (Fsp3) is 0.950. The van der Waals surface area contributed by atoms with Crippen LogP contribution in [0.1, 0.15) is 93.4 Å². The highest BCUT2D eigenvalue weighted by Crippen LogP contribution is 2.39. The van der Waals surface area contributed by atoms with Crippen LogP contribution in [0, 0.1) is 5.41 Å². The van der Waals surface area contributed by atoms with Crippen LogP contribution in [-0.2, 0) is 14.3 Å². The number of ether oxygens (including phenoxy) is 2. The van der Waals surface area contributed by atoms with Crippen LogP contribution >= 0.6 is 0 Å². The minimum absolute atomic E-state index is 0.115. The van der Waals surface area contributed by atoms with Gasteiger partial charge in [0.15, 0.2) is 0 Å². The number of esters is 1. The zero-order chi connectivity index (χ0) is 19.0. The van der Waals surface area contributed by atoms with Gasteiger partial charge in [-0.15, -0.1) is 0 Å². The number of aliphatic hydroxyl groups is 1. The summed E-state index contributed by atoms with van der Waals surface area (Å²) >= 11 is 0. The Morgan fingerprint density at radius 1 is 1.00 bits per heavy atom. The molecule has 0 amide bonds. The molecule has 1 atom stereocenters. The minimum Gasteiger partial charge on any atom is -0.459 e. The summed E-state index contributed by atoms with van der Waals surface area (Å²) in [6.45, 7) is 14.0. The van der Waals surface area contributed by atoms with E-state index >= 15 is 0 Å². The molecule has 0 saturated heterocycles. The lowest BCUT2D eigenvalue weighted by Gasteiger charge is -2.41. The molecule has 0 rings (SSSR count). The quantitative estimate of drug-likeness (QED) is 0.405. The van der Waals surface area contributed by atoms with Crippen molar-refractivity contribution >= 4 is 5.97 Å². The van der Waals surface area contributed by atoms with E-state index in [0.29, 0.717) is 6.42 Å². The van der Waals surface area contributed by atoms with Crippen molar-refractivity contribution < 1.29 is 19.4 Å². The van der Waals surface area contributed by atoms with Crippen molar-refractivity contribution in [2.75, 3.05) is 7.11 Å². The monoisotopic (exact) mass is 344 g/mol. The van der Waals surface area contributed by atoms with Crippen molar-refractivity contribution in [2.45, 2.75) is 111 Å². The second-order valence-electron chi connectivity index (χ2n) is 8.83. The number of carbonyl (C=O) groups is 1. The summed E-state index contributed by atoms with van der Waals surface area (Å²) in [5.41, 5.74) is -1.24. The molecule has 0 aromatic carbocycles. The Bertz CT molecular complexity index is 366. The molecule has 0 saturated carbocycles. The lowest BCUT2D eigenvalue weighted by Crippen LogP contribution is -2.43. The number of rotatable bonds is 12. The average Bonchev–Trinajstić information content (AvgIpc) is 2.42. The van der Waals surface area contributed by atoms with Gasteiger partial charge in [0, 0.05) is 18.9 Å². The molecule has 0 heterocycles. The number of carbonyl (C=O) groups excluding carboxylic acids is 1. The summed E-state index contributed by atoms with van der Waals surface area (Å²) in [5, 5.41) is 9.68. The third-order valence-corrected chi connectivity index (χ3v) is 5.25. The van der Waals surface area contributed by atoms with Crippen molar-refractivity contribution in [3.63, 3.8) is 0 Å². The average molecular weight is 345 g/mol. The van der Waals surface area contributed by atoms with Crippen LogP contribution in [0.2, 0.25) is 0 Å². The van der Waals surface area contributed by atoms with E-state index in [9.17, 15) is 9.90 Å². The molecule has 4 heteroatoms. The molecular formula is C20H40O4. The molecule has 0 aliphatic heterocycles. The maximum Gasteiger partial charge on any atom is 0.306 e. The first kappa shape index (κ1) is 23.4. The summed E-state index contributed by atoms with van der Waals surface area (Å²) in [7, 11) is 1.72. The lowest BCUT2D eigenvalue weighted by atomic mass is 9.73. The summed E-state index contributed by atoms with van der Waals surface area (Å²) in [6.07, 6.45) is 5.99. The van der Waals surface area contributed by atoms with E-state index in [1.807, 2.05) is 27.7 Å². The fourth-order valence-corrected chi connectivity index (χ4v) is 2.46. The van der Waals surface area contributed by atoms with E-state index in [4.69, 9.17) is 9.47 Å². The number of unbranched alkanes of at least 4 members (excludes halogenated alkanes) is 2. The van der Waals surface area contributed by atoms with Crippen LogP contribution in [-0.4, -0.2) is 35.5 Å². The van der Waals surface area contributed by atoms with Gasteiger partial charge in [-0.2, -0.15) is 0 Å². The molecule has 0 aliphatic carbocycles. The Labute approximate surface area is 149 Å². The van der Waals surface area contributed by atoms with Gasteiger partial charge < -0.3 is 14.6 Å². The maximum absolute atomic E-state index is 12.2. The molecule has 0 aromatic rings. The Balaban J connectivity index is 4.25. The van der Waals surface area contributed by atoms with Gasteiger partial charge in [0.2, 0.25) is 0 Å². The zero-order valence-electron chi connectivity index (χ0n) is 17.2. The van der Waals surface area contributed by atoms with Gasteiger partial charge in [0.05, 0.1) is 11.7 Å². The highest BCUT2D eigenvalue weighted by atomic mass is 16.6. The van der Waals surface area contributed by atoms with Crippen LogP contribution in [0.5, 0.6) is 0 Å². The van der Waals surface area contributed by atoms with Gasteiger partial charge in [0.1, 0.15) is 5.60 Å². The van der Waals surface area contributed by atoms with Crippen molar-refractivity contribution in [3.8, 4) is 0 Å². The van der Waals surface area contributed by atoms with Crippen molar-refractivity contribution in [3.05, 3.63) is 0 Å². The molecule has 24 heavy (non-hydrogen) atoms. The third-order valence-electron chi connectivity index (χ3n) is 5.25. The number of hydrogen-bond acceptors (Lipinski definition) is 4. The van der Waals surface area contributed by atoms with Crippen molar-refractivity contribution in [1.29, 1.82) is 0 Å². The molecule has 1 unspecified atom stereocenters. The first-order valence-corrected chi connectivity index (χ1v) is 9.28. The Morgan fingerprint density at radius 2 is 1.58 bits per heavy atom. The van der Waals surface area contributed by atoms with E-state index in [0.717, 1.165) is 38.5 Å². The van der Waals surface area contributed by atoms with Crippen LogP contribution in [0.4, 0.5) is 0 Å². The van der Waals surface area contributed by atoms with Gasteiger partial charge in [-0.05, 0) is 60.3 Å². The zero-order valence-corrected chi connectivity index (χ0v) is 17.2. The maximum atomic E-state index is 12.2. The normalized spacial score (nSPS) is 14.5. The third kappa shape index (κ3) is 9.63. The number of hydrogen-bond donors (Lipinski definition) is 1. The lowest BCUT2D eigenvalue weighted by molar-refractivity contribution is -0.169. The Kier molecular flexibility index (Phi) is 9.52. The molecular weight excluding hydrogens is 304 g/mol. The summed E-state index contributed by atoms with van der Waals surface area (Å²) < 4.78 is 11.1. The molecule has 0 bridgehead atoms. The molecule has 0 radical (unpaired) electrons. The number of methoxy groups -OCH3 is 1. The first-order valence-electron chi connectivity index (χ1n) is 9.28. The van der Waals surface area contributed by atoms with Crippen LogP contribution < -0.4 is 0 Å². The van der Waals surface area contributed by atoms with Crippen LogP contribution in [0.3, 0.4) is 0 Å². The van der Waals surface area contributed by atoms with E-state index in [1.54, 1.807) is 7.11 Å². The van der Waals surface area contributed by atoms with Crippen LogP contribution in [0.25, 0.3) is 0 Å². The molecule has 0 spiro atoms. The van der Waals surface area contributed by atoms with Gasteiger partial charge in [-0.25, -0.2) is 0 Å². The summed E-state index contributed by atoms with van der Waals surface area (Å²) in [5.74, 6) is -0.129. The largest absolute Gasteiger partial charge is 0.459 e.